The number of Topliss-reactive ketones (excluding diaryl/α,β-unsaturated/α-hetero) is 1. The number of aromatic nitrogens is 1. The van der Waals surface area contributed by atoms with Gasteiger partial charge in [-0.15, -0.1) is 0 Å². The third-order valence-electron chi connectivity index (χ3n) is 5.66. The lowest BCUT2D eigenvalue weighted by molar-refractivity contribution is -0.127. The molecule has 29 heavy (non-hydrogen) atoms. The number of ketones is 1. The monoisotopic (exact) mass is 417 g/mol. The van der Waals surface area contributed by atoms with Gasteiger partial charge in [0.2, 0.25) is 0 Å². The number of carbonyl (C=O) groups is 1. The zero-order valence-electron chi connectivity index (χ0n) is 17.7. The van der Waals surface area contributed by atoms with E-state index in [4.69, 9.17) is 9.15 Å². The molecule has 5 heteroatoms. The van der Waals surface area contributed by atoms with E-state index < -0.39 is 0 Å². The first-order valence-corrected chi connectivity index (χ1v) is 12.3. The quantitative estimate of drug-likeness (QED) is 0.311. The van der Waals surface area contributed by atoms with E-state index in [0.717, 1.165) is 30.4 Å². The van der Waals surface area contributed by atoms with Crippen molar-refractivity contribution in [3.05, 3.63) is 24.3 Å². The van der Waals surface area contributed by atoms with Crippen LogP contribution in [0.2, 0.25) is 0 Å². The number of thioether (sulfide) groups is 1. The van der Waals surface area contributed by atoms with E-state index in [9.17, 15) is 4.79 Å². The standard InChI is InChI=1S/C24H35NO3S/c1-2-3-4-5-6-7-8-9-10-13-18-27-21-16-17-22(23(21)26)29-24-25-19-14-11-12-15-20(19)28-24/h11-12,14-15,21-22H,2-10,13,16-18H2,1H3. The normalized spacial score (nSPS) is 19.4. The summed E-state index contributed by atoms with van der Waals surface area (Å²) in [6.45, 7) is 2.96. The molecule has 2 aromatic rings. The van der Waals surface area contributed by atoms with Crippen LogP contribution >= 0.6 is 11.8 Å². The van der Waals surface area contributed by atoms with Crippen LogP contribution in [0.1, 0.15) is 84.0 Å². The molecule has 2 atom stereocenters. The summed E-state index contributed by atoms with van der Waals surface area (Å²) in [5, 5.41) is 0.487. The minimum absolute atomic E-state index is 0.0965. The first kappa shape index (κ1) is 22.4. The van der Waals surface area contributed by atoms with E-state index in [1.165, 1.54) is 69.5 Å². The Bertz CT molecular complexity index is 712. The van der Waals surface area contributed by atoms with Gasteiger partial charge in [-0.05, 0) is 31.4 Å². The number of nitrogens with zero attached hydrogens (tertiary/aromatic N) is 1. The molecule has 2 unspecified atom stereocenters. The highest BCUT2D eigenvalue weighted by atomic mass is 32.2. The Balaban J connectivity index is 1.26. The number of para-hydroxylation sites is 2. The molecule has 4 nitrogen and oxygen atoms in total. The minimum Gasteiger partial charge on any atom is -0.431 e. The maximum absolute atomic E-state index is 12.6. The molecule has 0 amide bonds. The van der Waals surface area contributed by atoms with Gasteiger partial charge < -0.3 is 9.15 Å². The fraction of sp³-hybridized carbons (Fsp3) is 0.667. The number of fused-ring (bicyclic) bond motifs is 1. The predicted molar refractivity (Wildman–Crippen MR) is 119 cm³/mol. The average molecular weight is 418 g/mol. The van der Waals surface area contributed by atoms with Crippen molar-refractivity contribution in [1.82, 2.24) is 4.98 Å². The maximum atomic E-state index is 12.6. The zero-order valence-corrected chi connectivity index (χ0v) is 18.6. The summed E-state index contributed by atoms with van der Waals surface area (Å²) < 4.78 is 11.6. The molecule has 1 aromatic heterocycles. The summed E-state index contributed by atoms with van der Waals surface area (Å²) >= 11 is 1.44. The summed E-state index contributed by atoms with van der Waals surface area (Å²) in [4.78, 5) is 17.1. The van der Waals surface area contributed by atoms with Crippen LogP contribution in [0.25, 0.3) is 11.1 Å². The van der Waals surface area contributed by atoms with Crippen LogP contribution in [0.15, 0.2) is 33.9 Å². The Morgan fingerprint density at radius 3 is 2.41 bits per heavy atom. The SMILES string of the molecule is CCCCCCCCCCCCOC1CCC(Sc2nc3ccccc3o2)C1=O. The predicted octanol–water partition coefficient (Wildman–Crippen LogP) is 6.96. The molecule has 0 bridgehead atoms. The second-order valence-electron chi connectivity index (χ2n) is 8.08. The van der Waals surface area contributed by atoms with Crippen LogP contribution in [0.3, 0.4) is 0 Å². The van der Waals surface area contributed by atoms with Crippen LogP contribution in [0.5, 0.6) is 0 Å². The maximum Gasteiger partial charge on any atom is 0.257 e. The number of hydrogen-bond acceptors (Lipinski definition) is 5. The van der Waals surface area contributed by atoms with Gasteiger partial charge in [-0.2, -0.15) is 0 Å². The van der Waals surface area contributed by atoms with Crippen molar-refractivity contribution in [3.63, 3.8) is 0 Å². The van der Waals surface area contributed by atoms with Crippen LogP contribution < -0.4 is 0 Å². The summed E-state index contributed by atoms with van der Waals surface area (Å²) in [6, 6.07) is 7.71. The average Bonchev–Trinajstić information content (AvgIpc) is 3.30. The van der Waals surface area contributed by atoms with Crippen molar-refractivity contribution in [2.24, 2.45) is 0 Å². The van der Waals surface area contributed by atoms with E-state index in [-0.39, 0.29) is 17.1 Å². The lowest BCUT2D eigenvalue weighted by Crippen LogP contribution is -2.23. The highest BCUT2D eigenvalue weighted by Gasteiger charge is 2.36. The molecule has 160 valence electrons. The molecule has 1 aromatic carbocycles. The van der Waals surface area contributed by atoms with Crippen molar-refractivity contribution >= 4 is 28.6 Å². The smallest absolute Gasteiger partial charge is 0.257 e. The van der Waals surface area contributed by atoms with Gasteiger partial charge in [0.1, 0.15) is 11.6 Å². The van der Waals surface area contributed by atoms with Crippen molar-refractivity contribution < 1.29 is 13.9 Å². The molecule has 0 aliphatic heterocycles. The molecule has 1 saturated carbocycles. The fourth-order valence-electron chi connectivity index (χ4n) is 3.92. The summed E-state index contributed by atoms with van der Waals surface area (Å²) in [6.07, 6.45) is 14.5. The van der Waals surface area contributed by atoms with Crippen molar-refractivity contribution in [2.45, 2.75) is 101 Å². The van der Waals surface area contributed by atoms with Crippen LogP contribution in [0, 0.1) is 0 Å². The molecule has 1 aliphatic rings. The number of rotatable bonds is 14. The molecule has 1 aliphatic carbocycles. The lowest BCUT2D eigenvalue weighted by Gasteiger charge is -2.11. The topological polar surface area (TPSA) is 52.3 Å². The van der Waals surface area contributed by atoms with Crippen molar-refractivity contribution in [3.8, 4) is 0 Å². The van der Waals surface area contributed by atoms with Gasteiger partial charge in [0, 0.05) is 6.61 Å². The van der Waals surface area contributed by atoms with Gasteiger partial charge in [0.25, 0.3) is 5.22 Å². The Kier molecular flexibility index (Phi) is 9.55. The molecule has 0 spiro atoms. The zero-order chi connectivity index (χ0) is 20.3. The Hall–Kier alpha value is -1.33. The first-order valence-electron chi connectivity index (χ1n) is 11.5. The Morgan fingerprint density at radius 1 is 1.00 bits per heavy atom. The second-order valence-corrected chi connectivity index (χ2v) is 9.23. The number of oxazole rings is 1. The summed E-state index contributed by atoms with van der Waals surface area (Å²) in [5.74, 6) is 0.198. The molecular weight excluding hydrogens is 382 g/mol. The highest BCUT2D eigenvalue weighted by Crippen LogP contribution is 2.34. The van der Waals surface area contributed by atoms with Gasteiger partial charge >= 0.3 is 0 Å². The molecular formula is C24H35NO3S. The summed E-state index contributed by atoms with van der Waals surface area (Å²) in [5.41, 5.74) is 1.61. The van der Waals surface area contributed by atoms with Crippen molar-refractivity contribution in [1.29, 1.82) is 0 Å². The molecule has 0 radical (unpaired) electrons. The summed E-state index contributed by atoms with van der Waals surface area (Å²) in [7, 11) is 0. The third-order valence-corrected chi connectivity index (χ3v) is 6.79. The minimum atomic E-state index is -0.240. The van der Waals surface area contributed by atoms with E-state index in [1.54, 1.807) is 0 Å². The molecule has 0 N–H and O–H groups in total. The number of hydrogen-bond donors (Lipinski definition) is 0. The molecule has 1 fully saturated rings. The van der Waals surface area contributed by atoms with Gasteiger partial charge in [0.15, 0.2) is 11.4 Å². The number of benzene rings is 1. The second kappa shape index (κ2) is 12.4. The number of carbonyl (C=O) groups excluding carboxylic acids is 1. The highest BCUT2D eigenvalue weighted by molar-refractivity contribution is 8.00. The molecule has 0 saturated heterocycles. The van der Waals surface area contributed by atoms with Crippen molar-refractivity contribution in [2.75, 3.05) is 6.61 Å². The van der Waals surface area contributed by atoms with Crippen LogP contribution in [-0.4, -0.2) is 28.7 Å². The third kappa shape index (κ3) is 7.14. The number of ether oxygens (including phenoxy) is 1. The van der Waals surface area contributed by atoms with Crippen LogP contribution in [-0.2, 0) is 9.53 Å². The first-order chi connectivity index (χ1) is 14.3. The molecule has 3 rings (SSSR count). The van der Waals surface area contributed by atoms with Gasteiger partial charge in [-0.3, -0.25) is 4.79 Å². The Morgan fingerprint density at radius 2 is 1.69 bits per heavy atom. The Labute approximate surface area is 179 Å². The van der Waals surface area contributed by atoms with E-state index in [0.29, 0.717) is 11.8 Å². The van der Waals surface area contributed by atoms with E-state index >= 15 is 0 Å². The van der Waals surface area contributed by atoms with Gasteiger partial charge in [-0.25, -0.2) is 4.98 Å². The van der Waals surface area contributed by atoms with E-state index in [2.05, 4.69) is 11.9 Å². The van der Waals surface area contributed by atoms with Crippen LogP contribution in [0.4, 0.5) is 0 Å². The largest absolute Gasteiger partial charge is 0.431 e. The van der Waals surface area contributed by atoms with Gasteiger partial charge in [-0.1, -0.05) is 88.6 Å². The lowest BCUT2D eigenvalue weighted by atomic mass is 10.1. The molecule has 1 heterocycles. The number of unbranched alkanes of at least 4 members (excludes halogenated alkanes) is 9. The fourth-order valence-corrected chi connectivity index (χ4v) is 4.97. The van der Waals surface area contributed by atoms with Gasteiger partial charge in [0.05, 0.1) is 5.25 Å². The van der Waals surface area contributed by atoms with E-state index in [1.807, 2.05) is 24.3 Å².